The molecule has 17 heavy (non-hydrogen) atoms. The highest BCUT2D eigenvalue weighted by atomic mass is 16.5. The van der Waals surface area contributed by atoms with Crippen LogP contribution < -0.4 is 0 Å². The zero-order valence-corrected chi connectivity index (χ0v) is 10.7. The Kier molecular flexibility index (Phi) is 3.32. The van der Waals surface area contributed by atoms with Crippen LogP contribution in [0, 0.1) is 13.8 Å². The van der Waals surface area contributed by atoms with E-state index < -0.39 is 0 Å². The lowest BCUT2D eigenvalue weighted by Gasteiger charge is -2.19. The lowest BCUT2D eigenvalue weighted by atomic mass is 9.88. The van der Waals surface area contributed by atoms with E-state index in [1.165, 1.54) is 5.56 Å². The fourth-order valence-electron chi connectivity index (χ4n) is 2.41. The molecule has 0 amide bonds. The molecular formula is C15H18O2. The number of hydrogen-bond donors (Lipinski definition) is 0. The van der Waals surface area contributed by atoms with Crippen LogP contribution in [0.4, 0.5) is 0 Å². The van der Waals surface area contributed by atoms with E-state index in [0.717, 1.165) is 35.3 Å². The largest absolute Gasteiger partial charge is 0.500 e. The third-order valence-electron chi connectivity index (χ3n) is 3.26. The van der Waals surface area contributed by atoms with E-state index in [2.05, 4.69) is 13.0 Å². The number of benzene rings is 1. The molecule has 1 aliphatic rings. The Hall–Kier alpha value is -1.57. The van der Waals surface area contributed by atoms with E-state index in [1.54, 1.807) is 7.11 Å². The minimum absolute atomic E-state index is 0.208. The van der Waals surface area contributed by atoms with E-state index in [9.17, 15) is 4.79 Å². The molecule has 0 aliphatic heterocycles. The Bertz CT molecular complexity index is 484. The molecule has 2 heteroatoms. The van der Waals surface area contributed by atoms with Gasteiger partial charge in [-0.2, -0.15) is 0 Å². The van der Waals surface area contributed by atoms with Crippen LogP contribution >= 0.6 is 0 Å². The van der Waals surface area contributed by atoms with Crippen molar-refractivity contribution in [1.82, 2.24) is 0 Å². The van der Waals surface area contributed by atoms with Gasteiger partial charge >= 0.3 is 0 Å². The van der Waals surface area contributed by atoms with Gasteiger partial charge in [0.15, 0.2) is 5.78 Å². The summed E-state index contributed by atoms with van der Waals surface area (Å²) in [5.41, 5.74) is 4.17. The predicted octanol–water partition coefficient (Wildman–Crippen LogP) is 3.41. The van der Waals surface area contributed by atoms with Gasteiger partial charge in [-0.05, 0) is 31.4 Å². The quantitative estimate of drug-likeness (QED) is 0.778. The van der Waals surface area contributed by atoms with E-state index in [1.807, 2.05) is 19.1 Å². The highest BCUT2D eigenvalue weighted by Crippen LogP contribution is 2.32. The molecule has 0 bridgehead atoms. The summed E-state index contributed by atoms with van der Waals surface area (Å²) < 4.78 is 5.37. The van der Waals surface area contributed by atoms with Crippen molar-refractivity contribution < 1.29 is 9.53 Å². The first-order chi connectivity index (χ1) is 8.13. The predicted molar refractivity (Wildman–Crippen MR) is 68.7 cm³/mol. The molecule has 1 aromatic rings. The van der Waals surface area contributed by atoms with E-state index >= 15 is 0 Å². The van der Waals surface area contributed by atoms with Gasteiger partial charge in [0.1, 0.15) is 5.76 Å². The number of hydrogen-bond acceptors (Lipinski definition) is 2. The molecule has 0 saturated heterocycles. The number of carbonyl (C=O) groups is 1. The molecule has 0 N–H and O–H groups in total. The SMILES string of the molecule is COC1=C(c2ccc(C)cc2C)C(=O)CCC1. The molecule has 0 radical (unpaired) electrons. The van der Waals surface area contributed by atoms with Crippen molar-refractivity contribution in [3.8, 4) is 0 Å². The number of carbonyl (C=O) groups excluding carboxylic acids is 1. The lowest BCUT2D eigenvalue weighted by Crippen LogP contribution is -2.12. The Balaban J connectivity index is 2.56. The minimum Gasteiger partial charge on any atom is -0.500 e. The second-order valence-electron chi connectivity index (χ2n) is 4.60. The molecule has 1 aliphatic carbocycles. The smallest absolute Gasteiger partial charge is 0.166 e. The summed E-state index contributed by atoms with van der Waals surface area (Å²) in [6.45, 7) is 4.11. The number of aryl methyl sites for hydroxylation is 2. The number of ether oxygens (including phenoxy) is 1. The molecule has 0 heterocycles. The Morgan fingerprint density at radius 1 is 1.18 bits per heavy atom. The monoisotopic (exact) mass is 230 g/mol. The topological polar surface area (TPSA) is 26.3 Å². The maximum absolute atomic E-state index is 12.1. The fourth-order valence-corrected chi connectivity index (χ4v) is 2.41. The zero-order valence-electron chi connectivity index (χ0n) is 10.7. The van der Waals surface area contributed by atoms with E-state index in [-0.39, 0.29) is 5.78 Å². The van der Waals surface area contributed by atoms with Gasteiger partial charge in [0, 0.05) is 12.8 Å². The van der Waals surface area contributed by atoms with E-state index in [4.69, 9.17) is 4.74 Å². The van der Waals surface area contributed by atoms with Crippen LogP contribution in [0.5, 0.6) is 0 Å². The van der Waals surface area contributed by atoms with Crippen molar-refractivity contribution >= 4 is 11.4 Å². The first-order valence-electron chi connectivity index (χ1n) is 6.01. The number of allylic oxidation sites excluding steroid dienone is 2. The van der Waals surface area contributed by atoms with Crippen LogP contribution in [0.15, 0.2) is 24.0 Å². The number of rotatable bonds is 2. The average Bonchev–Trinajstić information content (AvgIpc) is 2.30. The van der Waals surface area contributed by atoms with Gasteiger partial charge in [-0.25, -0.2) is 0 Å². The van der Waals surface area contributed by atoms with Gasteiger partial charge in [-0.1, -0.05) is 23.8 Å². The maximum atomic E-state index is 12.1. The maximum Gasteiger partial charge on any atom is 0.166 e. The summed E-state index contributed by atoms with van der Waals surface area (Å²) in [5, 5.41) is 0. The van der Waals surface area contributed by atoms with Crippen molar-refractivity contribution in [1.29, 1.82) is 0 Å². The second-order valence-corrected chi connectivity index (χ2v) is 4.60. The normalized spacial score (nSPS) is 16.3. The highest BCUT2D eigenvalue weighted by Gasteiger charge is 2.23. The summed E-state index contributed by atoms with van der Waals surface area (Å²) in [6, 6.07) is 6.18. The van der Waals surface area contributed by atoms with Crippen LogP contribution in [0.2, 0.25) is 0 Å². The van der Waals surface area contributed by atoms with Crippen molar-refractivity contribution in [3.05, 3.63) is 40.6 Å². The van der Waals surface area contributed by atoms with Gasteiger partial charge in [0.05, 0.1) is 12.7 Å². The Morgan fingerprint density at radius 2 is 1.94 bits per heavy atom. The lowest BCUT2D eigenvalue weighted by molar-refractivity contribution is -0.114. The number of methoxy groups -OCH3 is 1. The average molecular weight is 230 g/mol. The summed E-state index contributed by atoms with van der Waals surface area (Å²) in [6.07, 6.45) is 2.40. The van der Waals surface area contributed by atoms with Gasteiger partial charge in [0.25, 0.3) is 0 Å². The first kappa shape index (κ1) is 11.9. The zero-order chi connectivity index (χ0) is 12.4. The molecular weight excluding hydrogens is 212 g/mol. The summed E-state index contributed by atoms with van der Waals surface area (Å²) in [5.74, 6) is 1.05. The second kappa shape index (κ2) is 4.74. The molecule has 0 spiro atoms. The standard InChI is InChI=1S/C15H18O2/c1-10-7-8-12(11(2)9-10)15-13(16)5-4-6-14(15)17-3/h7-9H,4-6H2,1-3H3. The van der Waals surface area contributed by atoms with Crippen molar-refractivity contribution in [2.24, 2.45) is 0 Å². The highest BCUT2D eigenvalue weighted by molar-refractivity contribution is 6.22. The molecule has 2 nitrogen and oxygen atoms in total. The first-order valence-corrected chi connectivity index (χ1v) is 6.01. The molecule has 0 saturated carbocycles. The number of Topliss-reactive ketones (excluding diaryl/α,β-unsaturated/α-hetero) is 1. The molecule has 0 aromatic heterocycles. The van der Waals surface area contributed by atoms with Gasteiger partial charge in [-0.15, -0.1) is 0 Å². The van der Waals surface area contributed by atoms with E-state index in [0.29, 0.717) is 6.42 Å². The van der Waals surface area contributed by atoms with Crippen LogP contribution in [-0.4, -0.2) is 12.9 Å². The Labute approximate surface area is 102 Å². The van der Waals surface area contributed by atoms with Crippen LogP contribution in [0.1, 0.15) is 36.0 Å². The third kappa shape index (κ3) is 2.26. The van der Waals surface area contributed by atoms with Crippen molar-refractivity contribution in [2.45, 2.75) is 33.1 Å². The molecule has 1 aromatic carbocycles. The molecule has 0 atom stereocenters. The summed E-state index contributed by atoms with van der Waals surface area (Å²) in [4.78, 5) is 12.1. The molecule has 0 fully saturated rings. The van der Waals surface area contributed by atoms with Gasteiger partial charge in [0.2, 0.25) is 0 Å². The van der Waals surface area contributed by atoms with Crippen LogP contribution in [-0.2, 0) is 9.53 Å². The third-order valence-corrected chi connectivity index (χ3v) is 3.26. The van der Waals surface area contributed by atoms with Crippen molar-refractivity contribution in [3.63, 3.8) is 0 Å². The Morgan fingerprint density at radius 3 is 2.59 bits per heavy atom. The van der Waals surface area contributed by atoms with Gasteiger partial charge < -0.3 is 4.74 Å². The summed E-state index contributed by atoms with van der Waals surface area (Å²) in [7, 11) is 1.65. The summed E-state index contributed by atoms with van der Waals surface area (Å²) >= 11 is 0. The molecule has 2 rings (SSSR count). The minimum atomic E-state index is 0.208. The fraction of sp³-hybridized carbons (Fsp3) is 0.400. The molecule has 0 unspecified atom stereocenters. The molecule has 90 valence electrons. The van der Waals surface area contributed by atoms with Crippen LogP contribution in [0.25, 0.3) is 5.57 Å². The van der Waals surface area contributed by atoms with Crippen LogP contribution in [0.3, 0.4) is 0 Å². The van der Waals surface area contributed by atoms with Gasteiger partial charge in [-0.3, -0.25) is 4.79 Å². The number of ketones is 1. The van der Waals surface area contributed by atoms with Crippen molar-refractivity contribution in [2.75, 3.05) is 7.11 Å².